The first-order valence-corrected chi connectivity index (χ1v) is 5.01. The van der Waals surface area contributed by atoms with Crippen LogP contribution in [0.5, 0.6) is 0 Å². The van der Waals surface area contributed by atoms with Gasteiger partial charge in [0.05, 0.1) is 13.2 Å². The SMILES string of the molecule is CO[C]1[CH][CH][C](N2CCOCC2)C[CH]1. The topological polar surface area (TPSA) is 21.7 Å². The molecule has 0 atom stereocenters. The van der Waals surface area contributed by atoms with Crippen molar-refractivity contribution in [2.45, 2.75) is 6.42 Å². The second-order valence-corrected chi connectivity index (χ2v) is 3.44. The van der Waals surface area contributed by atoms with E-state index < -0.39 is 0 Å². The van der Waals surface area contributed by atoms with Crippen LogP contribution in [0.1, 0.15) is 6.42 Å². The Kier molecular flexibility index (Phi) is 3.79. The smallest absolute Gasteiger partial charge is 0.104 e. The van der Waals surface area contributed by atoms with Gasteiger partial charge in [0, 0.05) is 32.7 Å². The Labute approximate surface area is 86.4 Å². The van der Waals surface area contributed by atoms with Crippen molar-refractivity contribution in [3.05, 3.63) is 31.4 Å². The zero-order valence-corrected chi connectivity index (χ0v) is 8.53. The van der Waals surface area contributed by atoms with Crippen molar-refractivity contribution in [2.24, 2.45) is 0 Å². The molecular weight excluding hydrogens is 178 g/mol. The molecule has 0 amide bonds. The van der Waals surface area contributed by atoms with Gasteiger partial charge in [0.1, 0.15) is 6.10 Å². The molecule has 1 aliphatic carbocycles. The zero-order chi connectivity index (χ0) is 9.80. The Morgan fingerprint density at radius 1 is 1.29 bits per heavy atom. The average molecular weight is 194 g/mol. The van der Waals surface area contributed by atoms with E-state index in [-0.39, 0.29) is 0 Å². The van der Waals surface area contributed by atoms with E-state index in [0.29, 0.717) is 0 Å². The first-order valence-electron chi connectivity index (χ1n) is 5.01. The summed E-state index contributed by atoms with van der Waals surface area (Å²) in [6.45, 7) is 3.71. The molecule has 1 aliphatic heterocycles. The van der Waals surface area contributed by atoms with Crippen molar-refractivity contribution >= 4 is 0 Å². The third-order valence-electron chi connectivity index (χ3n) is 2.61. The Balaban J connectivity index is 1.76. The second-order valence-electron chi connectivity index (χ2n) is 3.44. The van der Waals surface area contributed by atoms with Crippen LogP contribution in [-0.2, 0) is 9.47 Å². The van der Waals surface area contributed by atoms with Gasteiger partial charge in [-0.3, -0.25) is 4.90 Å². The number of ether oxygens (including phenoxy) is 2. The highest BCUT2D eigenvalue weighted by Crippen LogP contribution is 2.32. The fourth-order valence-electron chi connectivity index (χ4n) is 1.76. The number of hydrogen-bond donors (Lipinski definition) is 0. The van der Waals surface area contributed by atoms with E-state index in [0.717, 1.165) is 38.8 Å². The second kappa shape index (κ2) is 5.10. The van der Waals surface area contributed by atoms with Gasteiger partial charge in [-0.05, 0) is 19.3 Å². The highest BCUT2D eigenvalue weighted by molar-refractivity contribution is 5.28. The number of morpholine rings is 1. The minimum absolute atomic E-state index is 0.845. The lowest BCUT2D eigenvalue weighted by molar-refractivity contribution is 0.0411. The zero-order valence-electron chi connectivity index (χ0n) is 8.53. The van der Waals surface area contributed by atoms with Crippen LogP contribution >= 0.6 is 0 Å². The molecule has 5 radical (unpaired) electrons. The van der Waals surface area contributed by atoms with Gasteiger partial charge < -0.3 is 9.47 Å². The van der Waals surface area contributed by atoms with Crippen LogP contribution in [0.3, 0.4) is 0 Å². The first kappa shape index (κ1) is 10.4. The molecule has 77 valence electrons. The normalized spacial score (nSPS) is 28.1. The van der Waals surface area contributed by atoms with E-state index >= 15 is 0 Å². The fraction of sp³-hybridized carbons (Fsp3) is 0.545. The predicted molar refractivity (Wildman–Crippen MR) is 53.4 cm³/mol. The number of hydrogen-bond acceptors (Lipinski definition) is 3. The molecule has 1 saturated heterocycles. The molecular formula is C11H16NO2. The van der Waals surface area contributed by atoms with Gasteiger partial charge in [0.2, 0.25) is 0 Å². The Morgan fingerprint density at radius 3 is 2.64 bits per heavy atom. The first-order chi connectivity index (χ1) is 6.90. The number of rotatable bonds is 2. The van der Waals surface area contributed by atoms with Gasteiger partial charge in [-0.25, -0.2) is 0 Å². The van der Waals surface area contributed by atoms with Crippen LogP contribution in [0.25, 0.3) is 0 Å². The van der Waals surface area contributed by atoms with E-state index in [1.54, 1.807) is 7.11 Å². The molecule has 1 heterocycles. The summed E-state index contributed by atoms with van der Waals surface area (Å²) in [5.41, 5.74) is 0. The molecule has 0 aromatic heterocycles. The van der Waals surface area contributed by atoms with Gasteiger partial charge in [-0.1, -0.05) is 0 Å². The lowest BCUT2D eigenvalue weighted by atomic mass is 9.91. The third-order valence-corrected chi connectivity index (χ3v) is 2.61. The summed E-state index contributed by atoms with van der Waals surface area (Å²) in [5, 5.41) is 0. The maximum atomic E-state index is 5.31. The molecule has 3 heteroatoms. The van der Waals surface area contributed by atoms with Crippen molar-refractivity contribution in [2.75, 3.05) is 33.4 Å². The molecule has 3 nitrogen and oxygen atoms in total. The van der Waals surface area contributed by atoms with Crippen LogP contribution in [0.4, 0.5) is 0 Å². The minimum Gasteiger partial charge on any atom is -0.379 e. The van der Waals surface area contributed by atoms with E-state index in [1.165, 1.54) is 6.04 Å². The van der Waals surface area contributed by atoms with Gasteiger partial charge in [0.15, 0.2) is 0 Å². The molecule has 2 aliphatic rings. The maximum absolute atomic E-state index is 5.31. The van der Waals surface area contributed by atoms with Crippen LogP contribution in [0, 0.1) is 31.4 Å². The Bertz CT molecular complexity index is 161. The summed E-state index contributed by atoms with van der Waals surface area (Å²) in [6.07, 6.45) is 8.21. The van der Waals surface area contributed by atoms with E-state index in [4.69, 9.17) is 9.47 Å². The van der Waals surface area contributed by atoms with Gasteiger partial charge >= 0.3 is 0 Å². The molecule has 2 fully saturated rings. The molecule has 0 aromatic carbocycles. The summed E-state index contributed by atoms with van der Waals surface area (Å²) in [6, 6.07) is 1.37. The maximum Gasteiger partial charge on any atom is 0.104 e. The van der Waals surface area contributed by atoms with Gasteiger partial charge in [0.25, 0.3) is 0 Å². The Morgan fingerprint density at radius 2 is 2.07 bits per heavy atom. The molecule has 1 saturated carbocycles. The molecule has 0 N–H and O–H groups in total. The van der Waals surface area contributed by atoms with Crippen LogP contribution < -0.4 is 0 Å². The molecule has 2 rings (SSSR count). The van der Waals surface area contributed by atoms with Crippen molar-refractivity contribution in [3.8, 4) is 0 Å². The summed E-state index contributed by atoms with van der Waals surface area (Å²) >= 11 is 0. The summed E-state index contributed by atoms with van der Waals surface area (Å²) < 4.78 is 10.5. The number of nitrogens with zero attached hydrogens (tertiary/aromatic N) is 1. The van der Waals surface area contributed by atoms with E-state index in [1.807, 2.05) is 6.42 Å². The Hall–Kier alpha value is -0.120. The predicted octanol–water partition coefficient (Wildman–Crippen LogP) is 1.05. The largest absolute Gasteiger partial charge is 0.379 e. The summed E-state index contributed by atoms with van der Waals surface area (Å²) in [7, 11) is 1.70. The van der Waals surface area contributed by atoms with Gasteiger partial charge in [-0.2, -0.15) is 0 Å². The van der Waals surface area contributed by atoms with Crippen LogP contribution in [0.2, 0.25) is 0 Å². The lowest BCUT2D eigenvalue weighted by Gasteiger charge is -2.36. The standard InChI is InChI=1S/C11H16NO2/c1-13-11-4-2-10(3-5-11)12-6-8-14-9-7-12/h2,4-5H,3,6-9H2,1H3. The number of methoxy groups -OCH3 is 1. The molecule has 0 unspecified atom stereocenters. The quantitative estimate of drug-likeness (QED) is 0.655. The van der Waals surface area contributed by atoms with Crippen molar-refractivity contribution in [1.82, 2.24) is 4.90 Å². The lowest BCUT2D eigenvalue weighted by Crippen LogP contribution is -2.40. The third kappa shape index (κ3) is 2.47. The molecule has 14 heavy (non-hydrogen) atoms. The van der Waals surface area contributed by atoms with Crippen molar-refractivity contribution in [3.63, 3.8) is 0 Å². The minimum atomic E-state index is 0.845. The highest BCUT2D eigenvalue weighted by atomic mass is 16.5. The monoisotopic (exact) mass is 194 g/mol. The molecule has 0 aromatic rings. The van der Waals surface area contributed by atoms with Crippen molar-refractivity contribution in [1.29, 1.82) is 0 Å². The highest BCUT2D eigenvalue weighted by Gasteiger charge is 2.28. The average Bonchev–Trinajstić information content (AvgIpc) is 2.30. The van der Waals surface area contributed by atoms with Gasteiger partial charge in [-0.15, -0.1) is 0 Å². The van der Waals surface area contributed by atoms with Crippen LogP contribution in [-0.4, -0.2) is 38.3 Å². The fourth-order valence-corrected chi connectivity index (χ4v) is 1.76. The van der Waals surface area contributed by atoms with E-state index in [2.05, 4.69) is 17.7 Å². The summed E-state index contributed by atoms with van der Waals surface area (Å²) in [4.78, 5) is 2.38. The van der Waals surface area contributed by atoms with Crippen molar-refractivity contribution < 1.29 is 9.47 Å². The molecule has 0 spiro atoms. The summed E-state index contributed by atoms with van der Waals surface area (Å²) in [5.74, 6) is 0. The van der Waals surface area contributed by atoms with Crippen LogP contribution in [0.15, 0.2) is 0 Å². The molecule has 0 bridgehead atoms. The van der Waals surface area contributed by atoms with E-state index in [9.17, 15) is 0 Å².